The van der Waals surface area contributed by atoms with Crippen molar-refractivity contribution in [2.75, 3.05) is 6.54 Å². The van der Waals surface area contributed by atoms with E-state index in [2.05, 4.69) is 22.7 Å². The van der Waals surface area contributed by atoms with Crippen LogP contribution >= 0.6 is 0 Å². The van der Waals surface area contributed by atoms with Gasteiger partial charge in [0.25, 0.3) is 0 Å². The van der Waals surface area contributed by atoms with Gasteiger partial charge in [-0.25, -0.2) is 9.18 Å². The summed E-state index contributed by atoms with van der Waals surface area (Å²) in [6.07, 6.45) is 6.05. The van der Waals surface area contributed by atoms with Gasteiger partial charge in [-0.15, -0.1) is 0 Å². The highest BCUT2D eigenvalue weighted by atomic mass is 19.1. The standard InChI is InChI=1S/C18H23FN4O/c1-12-6-7-14-15(4-3-5-16(14)19)17(12)22-18(24)20-9-8-13-10-21-23(2)11-13/h3-5,10-12,17H,6-9H2,1-2H3,(H2,20,22,24)/t12-,17+/m1/s1. The lowest BCUT2D eigenvalue weighted by atomic mass is 9.80. The lowest BCUT2D eigenvalue weighted by Crippen LogP contribution is -2.42. The summed E-state index contributed by atoms with van der Waals surface area (Å²) in [7, 11) is 1.87. The van der Waals surface area contributed by atoms with E-state index in [1.165, 1.54) is 6.07 Å². The molecule has 24 heavy (non-hydrogen) atoms. The molecule has 1 aromatic carbocycles. The second-order valence-electron chi connectivity index (χ2n) is 6.47. The van der Waals surface area contributed by atoms with Gasteiger partial charge in [0.1, 0.15) is 5.82 Å². The van der Waals surface area contributed by atoms with Crippen LogP contribution in [0.1, 0.15) is 36.1 Å². The van der Waals surface area contributed by atoms with E-state index in [1.54, 1.807) is 16.9 Å². The zero-order chi connectivity index (χ0) is 17.1. The van der Waals surface area contributed by atoms with Gasteiger partial charge < -0.3 is 10.6 Å². The minimum absolute atomic E-state index is 0.150. The number of benzene rings is 1. The monoisotopic (exact) mass is 330 g/mol. The fourth-order valence-corrected chi connectivity index (χ4v) is 3.31. The maximum Gasteiger partial charge on any atom is 0.315 e. The summed E-state index contributed by atoms with van der Waals surface area (Å²) in [5.41, 5.74) is 2.71. The molecule has 1 aliphatic carbocycles. The Morgan fingerprint density at radius 2 is 2.29 bits per heavy atom. The fraction of sp³-hybridized carbons (Fsp3) is 0.444. The van der Waals surface area contributed by atoms with E-state index in [0.29, 0.717) is 6.54 Å². The molecule has 128 valence electrons. The molecule has 0 saturated carbocycles. The maximum atomic E-state index is 14.0. The van der Waals surface area contributed by atoms with Crippen LogP contribution in [0.3, 0.4) is 0 Å². The number of halogens is 1. The zero-order valence-electron chi connectivity index (χ0n) is 14.1. The van der Waals surface area contributed by atoms with Crippen molar-refractivity contribution >= 4 is 6.03 Å². The SMILES string of the molecule is C[C@@H]1CCc2c(F)cccc2[C@H]1NC(=O)NCCc1cnn(C)c1. The highest BCUT2D eigenvalue weighted by molar-refractivity contribution is 5.74. The fourth-order valence-electron chi connectivity index (χ4n) is 3.31. The molecule has 0 bridgehead atoms. The van der Waals surface area contributed by atoms with Crippen LogP contribution in [0, 0.1) is 11.7 Å². The number of carbonyl (C=O) groups excluding carboxylic acids is 1. The number of fused-ring (bicyclic) bond motifs is 1. The van der Waals surface area contributed by atoms with Gasteiger partial charge in [0.2, 0.25) is 0 Å². The second kappa shape index (κ2) is 7.03. The number of hydrogen-bond donors (Lipinski definition) is 2. The summed E-state index contributed by atoms with van der Waals surface area (Å²) < 4.78 is 15.7. The van der Waals surface area contributed by atoms with Gasteiger partial charge in [-0.2, -0.15) is 5.10 Å². The van der Waals surface area contributed by atoms with Crippen LogP contribution in [0.5, 0.6) is 0 Å². The molecule has 0 saturated heterocycles. The normalized spacial score (nSPS) is 19.6. The molecule has 2 atom stereocenters. The van der Waals surface area contributed by atoms with Crippen molar-refractivity contribution in [1.82, 2.24) is 20.4 Å². The lowest BCUT2D eigenvalue weighted by molar-refractivity contribution is 0.229. The molecule has 6 heteroatoms. The van der Waals surface area contributed by atoms with Gasteiger partial charge in [0.15, 0.2) is 0 Å². The minimum atomic E-state index is -0.215. The Hall–Kier alpha value is -2.37. The Kier molecular flexibility index (Phi) is 4.83. The smallest absolute Gasteiger partial charge is 0.315 e. The number of nitrogens with one attached hydrogen (secondary N) is 2. The highest BCUT2D eigenvalue weighted by Gasteiger charge is 2.29. The quantitative estimate of drug-likeness (QED) is 0.905. The molecular formula is C18H23FN4O. The highest BCUT2D eigenvalue weighted by Crippen LogP contribution is 2.35. The van der Waals surface area contributed by atoms with Crippen LogP contribution in [0.25, 0.3) is 0 Å². The molecular weight excluding hydrogens is 307 g/mol. The molecule has 0 radical (unpaired) electrons. The van der Waals surface area contributed by atoms with Gasteiger partial charge in [0.05, 0.1) is 12.2 Å². The van der Waals surface area contributed by atoms with Crippen molar-refractivity contribution in [3.63, 3.8) is 0 Å². The van der Waals surface area contributed by atoms with E-state index < -0.39 is 0 Å². The van der Waals surface area contributed by atoms with Gasteiger partial charge in [0, 0.05) is 19.8 Å². The van der Waals surface area contributed by atoms with Crippen LogP contribution in [0.15, 0.2) is 30.6 Å². The average Bonchev–Trinajstić information content (AvgIpc) is 2.96. The Balaban J connectivity index is 1.59. The number of hydrogen-bond acceptors (Lipinski definition) is 2. The topological polar surface area (TPSA) is 59.0 Å². The molecule has 0 unspecified atom stereocenters. The van der Waals surface area contributed by atoms with Crippen molar-refractivity contribution in [3.8, 4) is 0 Å². The molecule has 1 heterocycles. The summed E-state index contributed by atoms with van der Waals surface area (Å²) in [6.45, 7) is 2.63. The van der Waals surface area contributed by atoms with E-state index in [4.69, 9.17) is 0 Å². The first-order valence-corrected chi connectivity index (χ1v) is 8.34. The first-order valence-electron chi connectivity index (χ1n) is 8.34. The first kappa shape index (κ1) is 16.5. The summed E-state index contributed by atoms with van der Waals surface area (Å²) in [6, 6.07) is 4.74. The third-order valence-corrected chi connectivity index (χ3v) is 4.65. The molecule has 1 aromatic heterocycles. The molecule has 0 aliphatic heterocycles. The largest absolute Gasteiger partial charge is 0.338 e. The number of carbonyl (C=O) groups is 1. The molecule has 2 aromatic rings. The number of nitrogens with zero attached hydrogens (tertiary/aromatic N) is 2. The molecule has 5 nitrogen and oxygen atoms in total. The minimum Gasteiger partial charge on any atom is -0.338 e. The van der Waals surface area contributed by atoms with E-state index in [1.807, 2.05) is 19.3 Å². The zero-order valence-corrected chi connectivity index (χ0v) is 14.1. The van der Waals surface area contributed by atoms with Crippen LogP contribution in [0.2, 0.25) is 0 Å². The van der Waals surface area contributed by atoms with Gasteiger partial charge in [-0.3, -0.25) is 4.68 Å². The molecule has 0 spiro atoms. The van der Waals surface area contributed by atoms with Gasteiger partial charge in [-0.05, 0) is 47.9 Å². The third kappa shape index (κ3) is 3.58. The Morgan fingerprint density at radius 3 is 3.04 bits per heavy atom. The van der Waals surface area contributed by atoms with E-state index in [0.717, 1.165) is 36.0 Å². The van der Waals surface area contributed by atoms with Crippen molar-refractivity contribution < 1.29 is 9.18 Å². The van der Waals surface area contributed by atoms with Crippen LogP contribution in [0.4, 0.5) is 9.18 Å². The molecule has 2 amide bonds. The average molecular weight is 330 g/mol. The molecule has 1 aliphatic rings. The van der Waals surface area contributed by atoms with Crippen molar-refractivity contribution in [2.24, 2.45) is 13.0 Å². The molecule has 0 fully saturated rings. The Morgan fingerprint density at radius 1 is 1.46 bits per heavy atom. The Bertz CT molecular complexity index is 728. The van der Waals surface area contributed by atoms with Crippen molar-refractivity contribution in [2.45, 2.75) is 32.2 Å². The molecule has 2 N–H and O–H groups in total. The number of aryl methyl sites for hydroxylation is 1. The predicted octanol–water partition coefficient (Wildman–Crippen LogP) is 2.72. The van der Waals surface area contributed by atoms with Crippen LogP contribution in [-0.4, -0.2) is 22.4 Å². The number of rotatable bonds is 4. The Labute approximate surface area is 141 Å². The number of urea groups is 1. The summed E-state index contributed by atoms with van der Waals surface area (Å²) in [5.74, 6) is 0.103. The first-order chi connectivity index (χ1) is 11.5. The summed E-state index contributed by atoms with van der Waals surface area (Å²) >= 11 is 0. The van der Waals surface area contributed by atoms with Crippen LogP contribution in [-0.2, 0) is 19.9 Å². The summed E-state index contributed by atoms with van der Waals surface area (Å²) in [4.78, 5) is 12.2. The lowest BCUT2D eigenvalue weighted by Gasteiger charge is -2.32. The predicted molar refractivity (Wildman–Crippen MR) is 90.1 cm³/mol. The summed E-state index contributed by atoms with van der Waals surface area (Å²) in [5, 5.41) is 9.98. The van der Waals surface area contributed by atoms with Crippen LogP contribution < -0.4 is 10.6 Å². The maximum absolute atomic E-state index is 14.0. The van der Waals surface area contributed by atoms with Crippen molar-refractivity contribution in [1.29, 1.82) is 0 Å². The van der Waals surface area contributed by atoms with E-state index >= 15 is 0 Å². The van der Waals surface area contributed by atoms with Gasteiger partial charge >= 0.3 is 6.03 Å². The number of aromatic nitrogens is 2. The third-order valence-electron chi connectivity index (χ3n) is 4.65. The van der Waals surface area contributed by atoms with E-state index in [9.17, 15) is 9.18 Å². The van der Waals surface area contributed by atoms with E-state index in [-0.39, 0.29) is 23.8 Å². The van der Waals surface area contributed by atoms with Gasteiger partial charge in [-0.1, -0.05) is 19.1 Å². The molecule has 3 rings (SSSR count). The number of amides is 2. The van der Waals surface area contributed by atoms with Crippen molar-refractivity contribution in [3.05, 3.63) is 53.1 Å². The second-order valence-corrected chi connectivity index (χ2v) is 6.47.